The minimum absolute atomic E-state index is 0.0312. The van der Waals surface area contributed by atoms with Gasteiger partial charge < -0.3 is 10.0 Å². The summed E-state index contributed by atoms with van der Waals surface area (Å²) in [5.41, 5.74) is 1.64. The van der Waals surface area contributed by atoms with Gasteiger partial charge in [-0.1, -0.05) is 25.1 Å². The topological polar surface area (TPSA) is 57.6 Å². The number of aryl methyl sites for hydroxylation is 1. The summed E-state index contributed by atoms with van der Waals surface area (Å²) < 4.78 is 0. The van der Waals surface area contributed by atoms with Crippen molar-refractivity contribution in [1.82, 2.24) is 4.90 Å². The van der Waals surface area contributed by atoms with Gasteiger partial charge in [0.25, 0.3) is 5.91 Å². The molecule has 17 heavy (non-hydrogen) atoms. The zero-order valence-corrected chi connectivity index (χ0v) is 10.1. The lowest BCUT2D eigenvalue weighted by Crippen LogP contribution is -2.29. The summed E-state index contributed by atoms with van der Waals surface area (Å²) in [6.45, 7) is 2.22. The Balaban J connectivity index is 2.77. The fourth-order valence-electron chi connectivity index (χ4n) is 1.61. The number of hydrogen-bond acceptors (Lipinski definition) is 2. The van der Waals surface area contributed by atoms with Gasteiger partial charge in [0.15, 0.2) is 0 Å². The van der Waals surface area contributed by atoms with Gasteiger partial charge in [0.1, 0.15) is 0 Å². The molecule has 1 amide bonds. The number of carbonyl (C=O) groups is 2. The van der Waals surface area contributed by atoms with E-state index in [-0.39, 0.29) is 18.9 Å². The fraction of sp³-hybridized carbons (Fsp3) is 0.385. The van der Waals surface area contributed by atoms with Crippen molar-refractivity contribution in [1.29, 1.82) is 0 Å². The highest BCUT2D eigenvalue weighted by atomic mass is 16.4. The third-order valence-corrected chi connectivity index (χ3v) is 2.64. The minimum Gasteiger partial charge on any atom is -0.481 e. The molecule has 4 nitrogen and oxygen atoms in total. The number of benzene rings is 1. The maximum absolute atomic E-state index is 12.1. The molecule has 0 unspecified atom stereocenters. The van der Waals surface area contributed by atoms with E-state index in [2.05, 4.69) is 0 Å². The van der Waals surface area contributed by atoms with E-state index in [1.165, 1.54) is 4.90 Å². The zero-order valence-electron chi connectivity index (χ0n) is 10.1. The van der Waals surface area contributed by atoms with Crippen LogP contribution in [0.4, 0.5) is 0 Å². The van der Waals surface area contributed by atoms with Crippen molar-refractivity contribution >= 4 is 11.9 Å². The third kappa shape index (κ3) is 3.59. The van der Waals surface area contributed by atoms with Crippen LogP contribution in [0.1, 0.15) is 29.3 Å². The van der Waals surface area contributed by atoms with Gasteiger partial charge in [-0.05, 0) is 18.1 Å². The summed E-state index contributed by atoms with van der Waals surface area (Å²) in [6, 6.07) is 7.40. The van der Waals surface area contributed by atoms with Crippen LogP contribution in [0.3, 0.4) is 0 Å². The number of carboxylic acids is 1. The molecule has 0 radical (unpaired) electrons. The Hall–Kier alpha value is -1.84. The molecule has 0 saturated carbocycles. The largest absolute Gasteiger partial charge is 0.481 e. The van der Waals surface area contributed by atoms with Crippen LogP contribution in [0.5, 0.6) is 0 Å². The van der Waals surface area contributed by atoms with Crippen LogP contribution in [0, 0.1) is 0 Å². The highest BCUT2D eigenvalue weighted by Gasteiger charge is 2.15. The molecular weight excluding hydrogens is 218 g/mol. The summed E-state index contributed by atoms with van der Waals surface area (Å²) >= 11 is 0. The zero-order chi connectivity index (χ0) is 12.8. The molecule has 0 aliphatic carbocycles. The number of carboxylic acid groups (broad SMARTS) is 1. The molecule has 0 aliphatic rings. The molecule has 0 fully saturated rings. The second-order valence-corrected chi connectivity index (χ2v) is 3.88. The highest BCUT2D eigenvalue weighted by molar-refractivity contribution is 5.95. The molecule has 4 heteroatoms. The normalized spacial score (nSPS) is 10.0. The van der Waals surface area contributed by atoms with Crippen LogP contribution >= 0.6 is 0 Å². The minimum atomic E-state index is -0.895. The maximum Gasteiger partial charge on any atom is 0.305 e. The standard InChI is InChI=1S/C13H17NO3/c1-3-10-6-4-5-7-11(10)13(17)14(2)9-8-12(15)16/h4-7H,3,8-9H2,1-2H3,(H,15,16). The van der Waals surface area contributed by atoms with Crippen molar-refractivity contribution in [3.63, 3.8) is 0 Å². The van der Waals surface area contributed by atoms with Crippen LogP contribution in [0.25, 0.3) is 0 Å². The number of aliphatic carboxylic acids is 1. The second kappa shape index (κ2) is 6.03. The van der Waals surface area contributed by atoms with E-state index in [4.69, 9.17) is 5.11 Å². The highest BCUT2D eigenvalue weighted by Crippen LogP contribution is 2.11. The molecule has 0 spiro atoms. The Bertz CT molecular complexity index is 415. The maximum atomic E-state index is 12.1. The van der Waals surface area contributed by atoms with Crippen LogP contribution in [0.15, 0.2) is 24.3 Å². The summed E-state index contributed by atoms with van der Waals surface area (Å²) in [6.07, 6.45) is 0.755. The van der Waals surface area contributed by atoms with E-state index in [0.717, 1.165) is 12.0 Å². The summed E-state index contributed by atoms with van der Waals surface area (Å²) in [4.78, 5) is 24.0. The number of hydrogen-bond donors (Lipinski definition) is 1. The van der Waals surface area contributed by atoms with Crippen molar-refractivity contribution in [2.24, 2.45) is 0 Å². The molecule has 0 aliphatic heterocycles. The average Bonchev–Trinajstić information content (AvgIpc) is 2.34. The van der Waals surface area contributed by atoms with Gasteiger partial charge in [-0.25, -0.2) is 0 Å². The van der Waals surface area contributed by atoms with Gasteiger partial charge in [-0.15, -0.1) is 0 Å². The Morgan fingerprint density at radius 3 is 2.53 bits per heavy atom. The molecule has 0 bridgehead atoms. The summed E-state index contributed by atoms with van der Waals surface area (Å²) in [5.74, 6) is -1.02. The predicted octanol–water partition coefficient (Wildman–Crippen LogP) is 1.80. The van der Waals surface area contributed by atoms with E-state index in [9.17, 15) is 9.59 Å². The first-order chi connectivity index (χ1) is 8.06. The Morgan fingerprint density at radius 2 is 1.94 bits per heavy atom. The SMILES string of the molecule is CCc1ccccc1C(=O)N(C)CCC(=O)O. The molecule has 0 heterocycles. The number of amides is 1. The lowest BCUT2D eigenvalue weighted by atomic mass is 10.0. The van der Waals surface area contributed by atoms with E-state index < -0.39 is 5.97 Å². The molecule has 0 atom stereocenters. The smallest absolute Gasteiger partial charge is 0.305 e. The van der Waals surface area contributed by atoms with Crippen LogP contribution in [0.2, 0.25) is 0 Å². The van der Waals surface area contributed by atoms with Crippen LogP contribution in [-0.2, 0) is 11.2 Å². The summed E-state index contributed by atoms with van der Waals surface area (Å²) in [7, 11) is 1.62. The predicted molar refractivity (Wildman–Crippen MR) is 65.0 cm³/mol. The third-order valence-electron chi connectivity index (χ3n) is 2.64. The van der Waals surface area contributed by atoms with Crippen molar-refractivity contribution < 1.29 is 14.7 Å². The van der Waals surface area contributed by atoms with Crippen molar-refractivity contribution in [2.75, 3.05) is 13.6 Å². The van der Waals surface area contributed by atoms with Gasteiger partial charge in [0.05, 0.1) is 6.42 Å². The Morgan fingerprint density at radius 1 is 1.29 bits per heavy atom. The molecule has 1 rings (SSSR count). The van der Waals surface area contributed by atoms with E-state index >= 15 is 0 Å². The summed E-state index contributed by atoms with van der Waals surface area (Å²) in [5, 5.41) is 8.58. The van der Waals surface area contributed by atoms with Gasteiger partial charge >= 0.3 is 5.97 Å². The number of nitrogens with zero attached hydrogens (tertiary/aromatic N) is 1. The first-order valence-electron chi connectivity index (χ1n) is 5.61. The van der Waals surface area contributed by atoms with Crippen LogP contribution in [-0.4, -0.2) is 35.5 Å². The Labute approximate surface area is 101 Å². The molecule has 92 valence electrons. The van der Waals surface area contributed by atoms with Gasteiger partial charge in [-0.3, -0.25) is 9.59 Å². The second-order valence-electron chi connectivity index (χ2n) is 3.88. The van der Waals surface area contributed by atoms with Crippen molar-refractivity contribution in [3.05, 3.63) is 35.4 Å². The van der Waals surface area contributed by atoms with E-state index in [1.54, 1.807) is 13.1 Å². The fourth-order valence-corrected chi connectivity index (χ4v) is 1.61. The van der Waals surface area contributed by atoms with E-state index in [0.29, 0.717) is 5.56 Å². The van der Waals surface area contributed by atoms with Gasteiger partial charge in [0.2, 0.25) is 0 Å². The number of rotatable bonds is 5. The first kappa shape index (κ1) is 13.2. The monoisotopic (exact) mass is 235 g/mol. The van der Waals surface area contributed by atoms with Crippen LogP contribution < -0.4 is 0 Å². The molecule has 1 aromatic rings. The lowest BCUT2D eigenvalue weighted by molar-refractivity contribution is -0.137. The first-order valence-corrected chi connectivity index (χ1v) is 5.61. The number of carbonyl (C=O) groups excluding carboxylic acids is 1. The van der Waals surface area contributed by atoms with Crippen molar-refractivity contribution in [3.8, 4) is 0 Å². The average molecular weight is 235 g/mol. The molecular formula is C13H17NO3. The molecule has 1 aromatic carbocycles. The van der Waals surface area contributed by atoms with Gasteiger partial charge in [0, 0.05) is 19.2 Å². The lowest BCUT2D eigenvalue weighted by Gasteiger charge is -2.17. The Kier molecular flexibility index (Phi) is 4.69. The molecule has 0 aromatic heterocycles. The van der Waals surface area contributed by atoms with Crippen molar-refractivity contribution in [2.45, 2.75) is 19.8 Å². The molecule has 0 saturated heterocycles. The van der Waals surface area contributed by atoms with Gasteiger partial charge in [-0.2, -0.15) is 0 Å². The quantitative estimate of drug-likeness (QED) is 0.846. The van der Waals surface area contributed by atoms with E-state index in [1.807, 2.05) is 25.1 Å². The molecule has 1 N–H and O–H groups in total.